The lowest BCUT2D eigenvalue weighted by Gasteiger charge is -2.05. The first-order chi connectivity index (χ1) is 10.0. The van der Waals surface area contributed by atoms with Crippen LogP contribution in [0.4, 0.5) is 0 Å². The van der Waals surface area contributed by atoms with Crippen molar-refractivity contribution in [1.82, 2.24) is 25.1 Å². The van der Waals surface area contributed by atoms with Crippen LogP contribution in [0.1, 0.15) is 23.1 Å². The van der Waals surface area contributed by atoms with Crippen LogP contribution in [-0.4, -0.2) is 47.9 Å². The molecule has 21 heavy (non-hydrogen) atoms. The number of sulfonamides is 1. The lowest BCUT2D eigenvalue weighted by molar-refractivity contribution is 0.0522. The van der Waals surface area contributed by atoms with Crippen molar-refractivity contribution in [2.24, 2.45) is 0 Å². The number of aromatic nitrogens is 4. The quantitative estimate of drug-likeness (QED) is 0.651. The molecule has 0 bridgehead atoms. The lowest BCUT2D eigenvalue weighted by atomic mass is 10.4. The number of nitrogens with zero attached hydrogens (tertiary/aromatic N) is 3. The van der Waals surface area contributed by atoms with Crippen LogP contribution in [0.15, 0.2) is 22.1 Å². The maximum atomic E-state index is 12.1. The van der Waals surface area contributed by atoms with E-state index >= 15 is 0 Å². The number of carbonyl (C=O) groups excluding carboxylic acids is 1. The highest BCUT2D eigenvalue weighted by molar-refractivity contribution is 7.89. The molecule has 0 saturated carbocycles. The predicted octanol–water partition coefficient (Wildman–Crippen LogP) is -0.510. The van der Waals surface area contributed by atoms with Gasteiger partial charge in [-0.15, -0.1) is 0 Å². The summed E-state index contributed by atoms with van der Waals surface area (Å²) in [5.41, 5.74) is -0.149. The fraction of sp³-hybridized carbons (Fsp3) is 0.400. The summed E-state index contributed by atoms with van der Waals surface area (Å²) in [5.74, 6) is -0.391. The van der Waals surface area contributed by atoms with Crippen molar-refractivity contribution in [2.75, 3.05) is 13.2 Å². The minimum Gasteiger partial charge on any atom is -0.462 e. The van der Waals surface area contributed by atoms with Crippen LogP contribution in [0.3, 0.4) is 0 Å². The van der Waals surface area contributed by atoms with E-state index in [-0.39, 0.29) is 30.2 Å². The number of hydrogen-bond donors (Lipinski definition) is 2. The molecule has 11 heteroatoms. The standard InChI is InChI=1S/C10H13N5O5S/c1-2-19-10(16)7-5-12-14-9(7)21(17,18)13-4-3-8-11-6-20-15-8/h5-6,13H,2-4H2,1H3,(H,12,14). The number of hydrogen-bond acceptors (Lipinski definition) is 8. The molecule has 2 N–H and O–H groups in total. The third-order valence-electron chi connectivity index (χ3n) is 2.42. The number of carbonyl (C=O) groups is 1. The molecular formula is C10H13N5O5S. The largest absolute Gasteiger partial charge is 0.462 e. The van der Waals surface area contributed by atoms with E-state index in [0.717, 1.165) is 12.6 Å². The van der Waals surface area contributed by atoms with Gasteiger partial charge >= 0.3 is 5.97 Å². The van der Waals surface area contributed by atoms with Crippen LogP contribution in [0.25, 0.3) is 0 Å². The minimum atomic E-state index is -3.92. The van der Waals surface area contributed by atoms with Gasteiger partial charge in [-0.25, -0.2) is 17.9 Å². The van der Waals surface area contributed by atoms with Gasteiger partial charge in [-0.1, -0.05) is 5.16 Å². The van der Waals surface area contributed by atoms with E-state index < -0.39 is 16.0 Å². The third kappa shape index (κ3) is 3.64. The van der Waals surface area contributed by atoms with Gasteiger partial charge in [0.15, 0.2) is 10.9 Å². The van der Waals surface area contributed by atoms with Gasteiger partial charge in [-0.05, 0) is 6.92 Å². The number of aromatic amines is 1. The van der Waals surface area contributed by atoms with E-state index in [0.29, 0.717) is 5.82 Å². The highest BCUT2D eigenvalue weighted by Gasteiger charge is 2.25. The first kappa shape index (κ1) is 15.1. The Bertz CT molecular complexity index is 693. The highest BCUT2D eigenvalue weighted by Crippen LogP contribution is 2.13. The second kappa shape index (κ2) is 6.45. The van der Waals surface area contributed by atoms with Crippen LogP contribution >= 0.6 is 0 Å². The average molecular weight is 315 g/mol. The molecule has 114 valence electrons. The zero-order valence-corrected chi connectivity index (χ0v) is 11.9. The normalized spacial score (nSPS) is 11.5. The molecule has 2 rings (SSSR count). The summed E-state index contributed by atoms with van der Waals surface area (Å²) in [6.45, 7) is 1.80. The van der Waals surface area contributed by atoms with E-state index in [9.17, 15) is 13.2 Å². The third-order valence-corrected chi connectivity index (χ3v) is 3.85. The summed E-state index contributed by atoms with van der Waals surface area (Å²) in [7, 11) is -3.92. The summed E-state index contributed by atoms with van der Waals surface area (Å²) < 4.78 is 35.8. The second-order valence-corrected chi connectivity index (χ2v) is 5.53. The zero-order valence-electron chi connectivity index (χ0n) is 11.1. The van der Waals surface area contributed by atoms with E-state index in [1.165, 1.54) is 0 Å². The van der Waals surface area contributed by atoms with Gasteiger partial charge in [-0.3, -0.25) is 5.10 Å². The Balaban J connectivity index is 2.05. The Labute approximate surface area is 119 Å². The van der Waals surface area contributed by atoms with Gasteiger partial charge < -0.3 is 9.26 Å². The number of rotatable bonds is 7. The van der Waals surface area contributed by atoms with Crippen LogP contribution in [-0.2, 0) is 21.2 Å². The van der Waals surface area contributed by atoms with E-state index in [1.54, 1.807) is 6.92 Å². The Kier molecular flexibility index (Phi) is 4.65. The smallest absolute Gasteiger partial charge is 0.342 e. The van der Waals surface area contributed by atoms with E-state index in [1.807, 2.05) is 0 Å². The van der Waals surface area contributed by atoms with Gasteiger partial charge in [0, 0.05) is 13.0 Å². The molecule has 0 fully saturated rings. The van der Waals surface area contributed by atoms with Crippen molar-refractivity contribution in [2.45, 2.75) is 18.4 Å². The van der Waals surface area contributed by atoms with Crippen LogP contribution in [0, 0.1) is 0 Å². The van der Waals surface area contributed by atoms with Gasteiger partial charge in [0.1, 0.15) is 5.56 Å². The van der Waals surface area contributed by atoms with Crippen molar-refractivity contribution < 1.29 is 22.5 Å². The molecule has 0 aliphatic rings. The molecule has 0 saturated heterocycles. The molecule has 2 aromatic rings. The van der Waals surface area contributed by atoms with Crippen LogP contribution < -0.4 is 4.72 Å². The van der Waals surface area contributed by atoms with Crippen molar-refractivity contribution in [3.63, 3.8) is 0 Å². The Morgan fingerprint density at radius 1 is 1.52 bits per heavy atom. The molecule has 0 radical (unpaired) electrons. The van der Waals surface area contributed by atoms with Gasteiger partial charge in [-0.2, -0.15) is 10.1 Å². The lowest BCUT2D eigenvalue weighted by Crippen LogP contribution is -2.28. The zero-order chi connectivity index (χ0) is 15.3. The molecule has 0 aromatic carbocycles. The highest BCUT2D eigenvalue weighted by atomic mass is 32.2. The summed E-state index contributed by atoms with van der Waals surface area (Å²) in [4.78, 5) is 15.4. The van der Waals surface area contributed by atoms with Crippen molar-refractivity contribution in [3.8, 4) is 0 Å². The first-order valence-electron chi connectivity index (χ1n) is 6.00. The molecular weight excluding hydrogens is 302 g/mol. The van der Waals surface area contributed by atoms with Crippen LogP contribution in [0.5, 0.6) is 0 Å². The minimum absolute atomic E-state index is 0.0448. The number of nitrogens with one attached hydrogen (secondary N) is 2. The Morgan fingerprint density at radius 3 is 3.00 bits per heavy atom. The average Bonchev–Trinajstić information content (AvgIpc) is 3.10. The molecule has 0 unspecified atom stereocenters. The molecule has 0 atom stereocenters. The molecule has 0 aliphatic carbocycles. The number of H-pyrrole nitrogens is 1. The summed E-state index contributed by atoms with van der Waals surface area (Å²) >= 11 is 0. The van der Waals surface area contributed by atoms with Gasteiger partial charge in [0.05, 0.1) is 12.8 Å². The molecule has 2 aromatic heterocycles. The SMILES string of the molecule is CCOC(=O)c1cn[nH]c1S(=O)(=O)NCCc1ncon1. The van der Waals surface area contributed by atoms with Crippen molar-refractivity contribution in [3.05, 3.63) is 24.0 Å². The van der Waals surface area contributed by atoms with E-state index in [2.05, 4.69) is 29.6 Å². The second-order valence-electron chi connectivity index (χ2n) is 3.83. The van der Waals surface area contributed by atoms with E-state index in [4.69, 9.17) is 4.74 Å². The first-order valence-corrected chi connectivity index (χ1v) is 7.48. The predicted molar refractivity (Wildman–Crippen MR) is 67.7 cm³/mol. The molecule has 10 nitrogen and oxygen atoms in total. The van der Waals surface area contributed by atoms with Gasteiger partial charge in [0.25, 0.3) is 10.0 Å². The Hall–Kier alpha value is -2.27. The fourth-order valence-electron chi connectivity index (χ4n) is 1.51. The summed E-state index contributed by atoms with van der Waals surface area (Å²) in [6.07, 6.45) is 2.50. The summed E-state index contributed by atoms with van der Waals surface area (Å²) in [6, 6.07) is 0. The van der Waals surface area contributed by atoms with Crippen molar-refractivity contribution >= 4 is 16.0 Å². The molecule has 2 heterocycles. The molecule has 0 spiro atoms. The van der Waals surface area contributed by atoms with Gasteiger partial charge in [0.2, 0.25) is 6.39 Å². The maximum Gasteiger partial charge on any atom is 0.342 e. The van der Waals surface area contributed by atoms with Crippen molar-refractivity contribution in [1.29, 1.82) is 0 Å². The summed E-state index contributed by atoms with van der Waals surface area (Å²) in [5, 5.41) is 9.06. The monoisotopic (exact) mass is 315 g/mol. The molecule has 0 aliphatic heterocycles. The Morgan fingerprint density at radius 2 is 2.33 bits per heavy atom. The molecule has 0 amide bonds. The number of esters is 1. The fourth-order valence-corrected chi connectivity index (χ4v) is 2.62. The number of ether oxygens (including phenoxy) is 1. The maximum absolute atomic E-state index is 12.1. The van der Waals surface area contributed by atoms with Crippen LogP contribution in [0.2, 0.25) is 0 Å². The topological polar surface area (TPSA) is 140 Å².